The first-order chi connectivity index (χ1) is 14.3. The summed E-state index contributed by atoms with van der Waals surface area (Å²) in [6, 6.07) is 9.90. The second-order valence-corrected chi connectivity index (χ2v) is 6.98. The molecule has 0 heterocycles. The number of ether oxygens (including phenoxy) is 3. The number of methoxy groups -OCH3 is 3. The van der Waals surface area contributed by atoms with Crippen molar-refractivity contribution in [3.63, 3.8) is 0 Å². The second kappa shape index (κ2) is 10.4. The molecule has 0 atom stereocenters. The Morgan fingerprint density at radius 1 is 0.900 bits per heavy atom. The number of thiocarbonyl (C=S) groups is 1. The van der Waals surface area contributed by atoms with Gasteiger partial charge in [0.1, 0.15) is 17.2 Å². The quantitative estimate of drug-likeness (QED) is 0.578. The maximum atomic E-state index is 12.5. The third-order valence-electron chi connectivity index (χ3n) is 4.08. The van der Waals surface area contributed by atoms with Gasteiger partial charge in [-0.3, -0.25) is 14.9 Å². The van der Waals surface area contributed by atoms with Crippen LogP contribution in [0.2, 0.25) is 0 Å². The zero-order chi connectivity index (χ0) is 22.3. The molecular weight excluding hydrogens is 406 g/mol. The Balaban J connectivity index is 2.09. The Kier molecular flexibility index (Phi) is 7.99. The number of amides is 2. The average Bonchev–Trinajstić information content (AvgIpc) is 2.73. The Bertz CT molecular complexity index is 924. The van der Waals surface area contributed by atoms with Gasteiger partial charge in [-0.2, -0.15) is 0 Å². The number of hydrogen-bond acceptors (Lipinski definition) is 6. The molecule has 0 bridgehead atoms. The lowest BCUT2D eigenvalue weighted by Gasteiger charge is -2.15. The molecule has 2 rings (SSSR count). The van der Waals surface area contributed by atoms with Crippen LogP contribution in [-0.2, 0) is 4.79 Å². The first-order valence-corrected chi connectivity index (χ1v) is 9.52. The molecule has 3 N–H and O–H groups in total. The van der Waals surface area contributed by atoms with E-state index >= 15 is 0 Å². The van der Waals surface area contributed by atoms with Crippen LogP contribution in [-0.4, -0.2) is 38.3 Å². The normalized spacial score (nSPS) is 10.2. The molecule has 0 spiro atoms. The van der Waals surface area contributed by atoms with Crippen LogP contribution < -0.4 is 30.2 Å². The van der Waals surface area contributed by atoms with Crippen molar-refractivity contribution in [1.82, 2.24) is 5.32 Å². The number of nitrogens with one attached hydrogen (secondary N) is 3. The fourth-order valence-corrected chi connectivity index (χ4v) is 2.64. The molecule has 160 valence electrons. The standard InChI is InChI=1S/C21H25N3O5S/c1-12(2)19(25)23-17-7-6-14(10-18(17)29-5)22-21(30)24-20(26)13-8-15(27-3)11-16(9-13)28-4/h6-12H,1-5H3,(H,23,25)(H2,22,24,26,30). The van der Waals surface area contributed by atoms with Gasteiger partial charge in [0, 0.05) is 29.3 Å². The van der Waals surface area contributed by atoms with Crippen molar-refractivity contribution >= 4 is 40.5 Å². The minimum Gasteiger partial charge on any atom is -0.497 e. The molecule has 30 heavy (non-hydrogen) atoms. The van der Waals surface area contributed by atoms with Crippen molar-refractivity contribution in [2.75, 3.05) is 32.0 Å². The van der Waals surface area contributed by atoms with Crippen molar-refractivity contribution in [2.45, 2.75) is 13.8 Å². The molecular formula is C21H25N3O5S. The van der Waals surface area contributed by atoms with Crippen LogP contribution in [0.3, 0.4) is 0 Å². The van der Waals surface area contributed by atoms with Crippen LogP contribution in [0.5, 0.6) is 17.2 Å². The molecule has 0 saturated heterocycles. The third kappa shape index (κ3) is 6.08. The molecule has 0 fully saturated rings. The number of benzene rings is 2. The van der Waals surface area contributed by atoms with E-state index in [1.54, 1.807) is 50.2 Å². The lowest BCUT2D eigenvalue weighted by molar-refractivity contribution is -0.118. The van der Waals surface area contributed by atoms with Gasteiger partial charge in [-0.1, -0.05) is 13.8 Å². The zero-order valence-corrected chi connectivity index (χ0v) is 18.3. The highest BCUT2D eigenvalue weighted by Gasteiger charge is 2.14. The summed E-state index contributed by atoms with van der Waals surface area (Å²) in [4.78, 5) is 24.4. The fraction of sp³-hybridized carbons (Fsp3) is 0.286. The van der Waals surface area contributed by atoms with Gasteiger partial charge in [-0.25, -0.2) is 0 Å². The van der Waals surface area contributed by atoms with E-state index in [1.807, 2.05) is 0 Å². The number of rotatable bonds is 7. The smallest absolute Gasteiger partial charge is 0.257 e. The van der Waals surface area contributed by atoms with Gasteiger partial charge < -0.3 is 24.8 Å². The first-order valence-electron chi connectivity index (χ1n) is 9.11. The van der Waals surface area contributed by atoms with Gasteiger partial charge in [0.2, 0.25) is 5.91 Å². The van der Waals surface area contributed by atoms with Gasteiger partial charge in [0.25, 0.3) is 5.91 Å². The Morgan fingerprint density at radius 3 is 2.07 bits per heavy atom. The number of hydrogen-bond donors (Lipinski definition) is 3. The van der Waals surface area contributed by atoms with E-state index in [4.69, 9.17) is 26.4 Å². The Labute approximate surface area is 180 Å². The minimum atomic E-state index is -0.419. The SMILES string of the molecule is COc1cc(OC)cc(C(=O)NC(=S)Nc2ccc(NC(=O)C(C)C)c(OC)c2)c1. The monoisotopic (exact) mass is 431 g/mol. The Hall–Kier alpha value is -3.33. The first kappa shape index (κ1) is 23.0. The highest BCUT2D eigenvalue weighted by atomic mass is 32.1. The largest absolute Gasteiger partial charge is 0.497 e. The second-order valence-electron chi connectivity index (χ2n) is 6.57. The van der Waals surface area contributed by atoms with E-state index in [2.05, 4.69) is 16.0 Å². The van der Waals surface area contributed by atoms with Crippen LogP contribution in [0.25, 0.3) is 0 Å². The van der Waals surface area contributed by atoms with Crippen molar-refractivity contribution in [1.29, 1.82) is 0 Å². The fourth-order valence-electron chi connectivity index (χ4n) is 2.43. The van der Waals surface area contributed by atoms with Crippen LogP contribution in [0, 0.1) is 5.92 Å². The van der Waals surface area contributed by atoms with E-state index in [0.717, 1.165) is 0 Å². The van der Waals surface area contributed by atoms with Crippen LogP contribution in [0.1, 0.15) is 24.2 Å². The topological polar surface area (TPSA) is 97.9 Å². The highest BCUT2D eigenvalue weighted by Crippen LogP contribution is 2.28. The number of carbonyl (C=O) groups excluding carboxylic acids is 2. The predicted octanol–water partition coefficient (Wildman–Crippen LogP) is 3.43. The number of carbonyl (C=O) groups is 2. The van der Waals surface area contributed by atoms with E-state index in [-0.39, 0.29) is 16.9 Å². The molecule has 9 heteroatoms. The van der Waals surface area contributed by atoms with Crippen molar-refractivity contribution in [3.8, 4) is 17.2 Å². The minimum absolute atomic E-state index is 0.0998. The molecule has 0 aromatic heterocycles. The third-order valence-corrected chi connectivity index (χ3v) is 4.29. The van der Waals surface area contributed by atoms with Crippen LogP contribution in [0.4, 0.5) is 11.4 Å². The zero-order valence-electron chi connectivity index (χ0n) is 17.5. The van der Waals surface area contributed by atoms with E-state index in [0.29, 0.717) is 34.2 Å². The summed E-state index contributed by atoms with van der Waals surface area (Å²) < 4.78 is 15.7. The highest BCUT2D eigenvalue weighted by molar-refractivity contribution is 7.80. The van der Waals surface area contributed by atoms with Crippen molar-refractivity contribution in [2.24, 2.45) is 5.92 Å². The molecule has 0 aliphatic carbocycles. The molecule has 8 nitrogen and oxygen atoms in total. The van der Waals surface area contributed by atoms with Crippen LogP contribution in [0.15, 0.2) is 36.4 Å². The van der Waals surface area contributed by atoms with E-state index < -0.39 is 5.91 Å². The maximum Gasteiger partial charge on any atom is 0.257 e. The lowest BCUT2D eigenvalue weighted by Crippen LogP contribution is -2.34. The molecule has 2 aromatic rings. The molecule has 0 unspecified atom stereocenters. The lowest BCUT2D eigenvalue weighted by atomic mass is 10.2. The molecule has 0 saturated carbocycles. The van der Waals surface area contributed by atoms with Crippen molar-refractivity contribution in [3.05, 3.63) is 42.0 Å². The van der Waals surface area contributed by atoms with E-state index in [1.165, 1.54) is 21.3 Å². The maximum absolute atomic E-state index is 12.5. The van der Waals surface area contributed by atoms with Crippen LogP contribution >= 0.6 is 12.2 Å². The Morgan fingerprint density at radius 2 is 1.53 bits per heavy atom. The summed E-state index contributed by atoms with van der Waals surface area (Å²) >= 11 is 5.24. The summed E-state index contributed by atoms with van der Waals surface area (Å²) in [5.74, 6) is 0.735. The molecule has 2 aromatic carbocycles. The molecule has 0 radical (unpaired) electrons. The molecule has 0 aliphatic heterocycles. The molecule has 0 aliphatic rings. The van der Waals surface area contributed by atoms with Gasteiger partial charge >= 0.3 is 0 Å². The summed E-state index contributed by atoms with van der Waals surface area (Å²) in [5, 5.41) is 8.43. The summed E-state index contributed by atoms with van der Waals surface area (Å²) in [6.45, 7) is 3.60. The predicted molar refractivity (Wildman–Crippen MR) is 120 cm³/mol. The van der Waals surface area contributed by atoms with Gasteiger partial charge in [0.15, 0.2) is 5.11 Å². The van der Waals surface area contributed by atoms with Crippen molar-refractivity contribution < 1.29 is 23.8 Å². The summed E-state index contributed by atoms with van der Waals surface area (Å²) in [7, 11) is 4.51. The van der Waals surface area contributed by atoms with Gasteiger partial charge in [-0.15, -0.1) is 0 Å². The summed E-state index contributed by atoms with van der Waals surface area (Å²) in [5.41, 5.74) is 1.46. The number of anilines is 2. The van der Waals surface area contributed by atoms with Gasteiger partial charge in [-0.05, 0) is 36.5 Å². The van der Waals surface area contributed by atoms with Gasteiger partial charge in [0.05, 0.1) is 27.0 Å². The summed E-state index contributed by atoms with van der Waals surface area (Å²) in [6.07, 6.45) is 0. The molecule has 2 amide bonds. The average molecular weight is 432 g/mol. The van der Waals surface area contributed by atoms with E-state index in [9.17, 15) is 9.59 Å².